The number of hydrogen-bond acceptors (Lipinski definition) is 4. The van der Waals surface area contributed by atoms with E-state index in [9.17, 15) is 4.79 Å². The summed E-state index contributed by atoms with van der Waals surface area (Å²) in [5.74, 6) is -0.195. The van der Waals surface area contributed by atoms with E-state index in [4.69, 9.17) is 15.1 Å². The van der Waals surface area contributed by atoms with Gasteiger partial charge in [-0.3, -0.25) is 9.78 Å². The van der Waals surface area contributed by atoms with Gasteiger partial charge >= 0.3 is 5.97 Å². The number of esters is 1. The molecule has 0 spiro atoms. The van der Waals surface area contributed by atoms with Gasteiger partial charge in [-0.15, -0.1) is 0 Å². The number of aromatic nitrogens is 1. The maximum atomic E-state index is 11.3. The third-order valence-electron chi connectivity index (χ3n) is 4.11. The van der Waals surface area contributed by atoms with Gasteiger partial charge in [0.05, 0.1) is 12.8 Å². The zero-order chi connectivity index (χ0) is 19.5. The zero-order valence-corrected chi connectivity index (χ0v) is 16.6. The quantitative estimate of drug-likeness (QED) is 0.580. The molecule has 0 fully saturated rings. The van der Waals surface area contributed by atoms with Crippen molar-refractivity contribution in [3.05, 3.63) is 64.0 Å². The number of carbonyl (C=O) groups is 1. The minimum atomic E-state index is -0.195. The van der Waals surface area contributed by atoms with Crippen molar-refractivity contribution in [2.75, 3.05) is 7.11 Å². The summed E-state index contributed by atoms with van der Waals surface area (Å²) in [6.07, 6.45) is 4.00. The molecule has 0 atom stereocenters. The molecule has 1 heterocycles. The standard InChI is InChI=1S/C20H24N2O2.C2H6/c1-4-17-10-14(2)18(13-21)19(22-17)12-16-7-5-6-15(11-16)8-9-20(23)24-3;1-2/h5-7,10-11,13,21H,4,8-9,12H2,1-3H3;1-2H3. The van der Waals surface area contributed by atoms with Gasteiger partial charge in [0.2, 0.25) is 0 Å². The predicted octanol–water partition coefficient (Wildman–Crippen LogP) is 4.67. The number of pyridine rings is 1. The fraction of sp³-hybridized carbons (Fsp3) is 0.409. The minimum Gasteiger partial charge on any atom is -0.469 e. The van der Waals surface area contributed by atoms with Crippen LogP contribution >= 0.6 is 0 Å². The van der Waals surface area contributed by atoms with Crippen molar-refractivity contribution >= 4 is 12.2 Å². The predicted molar refractivity (Wildman–Crippen MR) is 107 cm³/mol. The first kappa shape index (κ1) is 21.6. The molecule has 1 aromatic heterocycles. The summed E-state index contributed by atoms with van der Waals surface area (Å²) in [5, 5.41) is 7.68. The Kier molecular flexibility index (Phi) is 9.27. The normalized spacial score (nSPS) is 9.88. The van der Waals surface area contributed by atoms with Gasteiger partial charge in [0.25, 0.3) is 0 Å². The van der Waals surface area contributed by atoms with E-state index in [0.717, 1.165) is 40.1 Å². The highest BCUT2D eigenvalue weighted by molar-refractivity contribution is 5.81. The Labute approximate surface area is 157 Å². The average molecular weight is 354 g/mol. The number of rotatable bonds is 7. The van der Waals surface area contributed by atoms with Crippen LogP contribution in [0, 0.1) is 12.3 Å². The molecule has 140 valence electrons. The molecule has 1 aromatic carbocycles. The number of methoxy groups -OCH3 is 1. The molecule has 0 amide bonds. The minimum absolute atomic E-state index is 0.195. The molecule has 0 saturated carbocycles. The van der Waals surface area contributed by atoms with Gasteiger partial charge in [0, 0.05) is 30.3 Å². The summed E-state index contributed by atoms with van der Waals surface area (Å²) >= 11 is 0. The van der Waals surface area contributed by atoms with Crippen LogP contribution in [0.1, 0.15) is 60.8 Å². The fourth-order valence-corrected chi connectivity index (χ4v) is 2.77. The third kappa shape index (κ3) is 6.10. The molecule has 26 heavy (non-hydrogen) atoms. The van der Waals surface area contributed by atoms with E-state index in [1.165, 1.54) is 13.3 Å². The van der Waals surface area contributed by atoms with Gasteiger partial charge in [-0.1, -0.05) is 45.0 Å². The lowest BCUT2D eigenvalue weighted by Gasteiger charge is -2.11. The van der Waals surface area contributed by atoms with E-state index >= 15 is 0 Å². The Morgan fingerprint density at radius 2 is 1.92 bits per heavy atom. The van der Waals surface area contributed by atoms with Crippen molar-refractivity contribution in [1.29, 1.82) is 5.41 Å². The molecule has 0 aliphatic heterocycles. The van der Waals surface area contributed by atoms with Crippen molar-refractivity contribution in [2.24, 2.45) is 0 Å². The molecule has 4 heteroatoms. The van der Waals surface area contributed by atoms with Crippen LogP contribution in [0.3, 0.4) is 0 Å². The molecule has 0 aliphatic carbocycles. The maximum Gasteiger partial charge on any atom is 0.305 e. The zero-order valence-electron chi connectivity index (χ0n) is 16.6. The highest BCUT2D eigenvalue weighted by Gasteiger charge is 2.09. The first-order valence-corrected chi connectivity index (χ1v) is 9.21. The van der Waals surface area contributed by atoms with Gasteiger partial charge in [-0.2, -0.15) is 0 Å². The van der Waals surface area contributed by atoms with Gasteiger partial charge in [0.1, 0.15) is 0 Å². The number of hydrogen-bond donors (Lipinski definition) is 1. The number of nitrogens with zero attached hydrogens (tertiary/aromatic N) is 1. The van der Waals surface area contributed by atoms with E-state index in [1.54, 1.807) is 0 Å². The maximum absolute atomic E-state index is 11.3. The first-order chi connectivity index (χ1) is 12.6. The summed E-state index contributed by atoms with van der Waals surface area (Å²) in [4.78, 5) is 16.0. The molecule has 0 radical (unpaired) electrons. The Morgan fingerprint density at radius 1 is 1.23 bits per heavy atom. The highest BCUT2D eigenvalue weighted by Crippen LogP contribution is 2.18. The van der Waals surface area contributed by atoms with Crippen LogP contribution in [-0.4, -0.2) is 24.3 Å². The van der Waals surface area contributed by atoms with Gasteiger partial charge in [0.15, 0.2) is 0 Å². The second-order valence-corrected chi connectivity index (χ2v) is 5.86. The SMILES string of the molecule is CC.CCc1cc(C)c(C=N)c(Cc2cccc(CCC(=O)OC)c2)n1. The van der Waals surface area contributed by atoms with Crippen LogP contribution in [0.5, 0.6) is 0 Å². The van der Waals surface area contributed by atoms with E-state index in [1.807, 2.05) is 32.9 Å². The van der Waals surface area contributed by atoms with E-state index in [2.05, 4.69) is 25.1 Å². The average Bonchev–Trinajstić information content (AvgIpc) is 2.67. The number of carbonyl (C=O) groups excluding carboxylic acids is 1. The van der Waals surface area contributed by atoms with Crippen LogP contribution in [0.2, 0.25) is 0 Å². The van der Waals surface area contributed by atoms with E-state index in [0.29, 0.717) is 19.3 Å². The third-order valence-corrected chi connectivity index (χ3v) is 4.11. The molecular formula is C22H30N2O2. The van der Waals surface area contributed by atoms with Crippen molar-refractivity contribution < 1.29 is 9.53 Å². The smallest absolute Gasteiger partial charge is 0.305 e. The van der Waals surface area contributed by atoms with E-state index < -0.39 is 0 Å². The second kappa shape index (κ2) is 11.2. The molecule has 2 aromatic rings. The lowest BCUT2D eigenvalue weighted by molar-refractivity contribution is -0.140. The molecule has 2 rings (SSSR count). The number of ether oxygens (including phenoxy) is 1. The van der Waals surface area contributed by atoms with Crippen LogP contribution in [0.4, 0.5) is 0 Å². The van der Waals surface area contributed by atoms with Crippen molar-refractivity contribution in [1.82, 2.24) is 4.98 Å². The van der Waals surface area contributed by atoms with Crippen LogP contribution in [0.25, 0.3) is 0 Å². The van der Waals surface area contributed by atoms with E-state index in [-0.39, 0.29) is 5.97 Å². The Morgan fingerprint density at radius 3 is 2.54 bits per heavy atom. The fourth-order valence-electron chi connectivity index (χ4n) is 2.77. The van der Waals surface area contributed by atoms with Crippen LogP contribution in [-0.2, 0) is 28.8 Å². The Bertz CT molecular complexity index is 739. The topological polar surface area (TPSA) is 63.0 Å². The molecular weight excluding hydrogens is 324 g/mol. The summed E-state index contributed by atoms with van der Waals surface area (Å²) in [7, 11) is 1.41. The lowest BCUT2D eigenvalue weighted by atomic mass is 9.98. The molecule has 0 saturated heterocycles. The summed E-state index contributed by atoms with van der Waals surface area (Å²) < 4.78 is 4.69. The number of aryl methyl sites for hydroxylation is 3. The van der Waals surface area contributed by atoms with Crippen molar-refractivity contribution in [3.8, 4) is 0 Å². The van der Waals surface area contributed by atoms with Crippen molar-refractivity contribution in [2.45, 2.75) is 53.4 Å². The lowest BCUT2D eigenvalue weighted by Crippen LogP contribution is -2.05. The molecule has 0 unspecified atom stereocenters. The number of nitrogens with one attached hydrogen (secondary N) is 1. The summed E-state index contributed by atoms with van der Waals surface area (Å²) in [5.41, 5.74) is 6.22. The Hall–Kier alpha value is -2.49. The monoisotopic (exact) mass is 354 g/mol. The molecule has 1 N–H and O–H groups in total. The van der Waals surface area contributed by atoms with Crippen LogP contribution in [0.15, 0.2) is 30.3 Å². The Balaban J connectivity index is 0.00000163. The van der Waals surface area contributed by atoms with Crippen LogP contribution < -0.4 is 0 Å². The highest BCUT2D eigenvalue weighted by atomic mass is 16.5. The van der Waals surface area contributed by atoms with Crippen molar-refractivity contribution in [3.63, 3.8) is 0 Å². The largest absolute Gasteiger partial charge is 0.469 e. The van der Waals surface area contributed by atoms with Gasteiger partial charge < -0.3 is 10.1 Å². The molecule has 0 bridgehead atoms. The second-order valence-electron chi connectivity index (χ2n) is 5.86. The van der Waals surface area contributed by atoms with Gasteiger partial charge in [-0.05, 0) is 42.5 Å². The molecule has 4 nitrogen and oxygen atoms in total. The number of benzene rings is 1. The molecule has 0 aliphatic rings. The first-order valence-electron chi connectivity index (χ1n) is 9.21. The van der Waals surface area contributed by atoms with Gasteiger partial charge in [-0.25, -0.2) is 0 Å². The summed E-state index contributed by atoms with van der Waals surface area (Å²) in [6, 6.07) is 10.2. The summed E-state index contributed by atoms with van der Waals surface area (Å²) in [6.45, 7) is 8.11.